The molecule has 0 saturated carbocycles. The summed E-state index contributed by atoms with van der Waals surface area (Å²) in [5.41, 5.74) is 6.82. The fourth-order valence-electron chi connectivity index (χ4n) is 3.41. The second-order valence-corrected chi connectivity index (χ2v) is 8.73. The second kappa shape index (κ2) is 7.84. The first-order valence-electron chi connectivity index (χ1n) is 10.2. The third kappa shape index (κ3) is 4.40. The van der Waals surface area contributed by atoms with Gasteiger partial charge in [-0.15, -0.1) is 0 Å². The molecule has 0 aliphatic heterocycles. The van der Waals surface area contributed by atoms with Crippen LogP contribution in [-0.2, 0) is 10.2 Å². The van der Waals surface area contributed by atoms with Crippen LogP contribution >= 0.6 is 0 Å². The number of benzene rings is 2. The number of carbonyl (C=O) groups is 1. The van der Waals surface area contributed by atoms with Crippen LogP contribution in [0.4, 0.5) is 0 Å². The van der Waals surface area contributed by atoms with Gasteiger partial charge in [0.1, 0.15) is 5.69 Å². The molecule has 5 nitrogen and oxygen atoms in total. The number of nitrogens with one attached hydrogen (secondary N) is 1. The number of hydrogen-bond donors (Lipinski definition) is 2. The third-order valence-corrected chi connectivity index (χ3v) is 5.27. The molecule has 0 atom stereocenters. The summed E-state index contributed by atoms with van der Waals surface area (Å²) >= 11 is 0. The minimum absolute atomic E-state index is 0.110. The summed E-state index contributed by atoms with van der Waals surface area (Å²) < 4.78 is 0. The predicted octanol–water partition coefficient (Wildman–Crippen LogP) is 6.08. The Kier molecular flexibility index (Phi) is 5.19. The molecule has 0 radical (unpaired) electrons. The van der Waals surface area contributed by atoms with Crippen molar-refractivity contribution in [3.8, 4) is 22.8 Å². The third-order valence-electron chi connectivity index (χ3n) is 5.27. The fraction of sp³-hybridized carbons (Fsp3) is 0.192. The van der Waals surface area contributed by atoms with Gasteiger partial charge in [0.05, 0.1) is 16.7 Å². The largest absolute Gasteiger partial charge is 0.478 e. The molecular formula is C26H25N3O2. The van der Waals surface area contributed by atoms with Crippen molar-refractivity contribution in [3.63, 3.8) is 0 Å². The van der Waals surface area contributed by atoms with Gasteiger partial charge in [-0.05, 0) is 53.8 Å². The Morgan fingerprint density at radius 2 is 1.68 bits per heavy atom. The summed E-state index contributed by atoms with van der Waals surface area (Å²) in [6.45, 7) is 8.18. The van der Waals surface area contributed by atoms with E-state index in [1.807, 2.05) is 36.4 Å². The van der Waals surface area contributed by atoms with Crippen LogP contribution in [0.5, 0.6) is 0 Å². The van der Waals surface area contributed by atoms with Gasteiger partial charge in [0.2, 0.25) is 0 Å². The first kappa shape index (κ1) is 20.5. The Labute approximate surface area is 181 Å². The number of fused-ring (bicyclic) bond motifs is 1. The van der Waals surface area contributed by atoms with E-state index >= 15 is 0 Å². The Morgan fingerprint density at radius 3 is 2.35 bits per heavy atom. The van der Waals surface area contributed by atoms with Crippen molar-refractivity contribution in [2.24, 2.45) is 0 Å². The number of H-pyrrole nitrogens is 1. The van der Waals surface area contributed by atoms with Crippen LogP contribution in [-0.4, -0.2) is 26.0 Å². The summed E-state index contributed by atoms with van der Waals surface area (Å²) in [6, 6.07) is 20.1. The van der Waals surface area contributed by atoms with Crippen LogP contribution in [0, 0.1) is 0 Å². The van der Waals surface area contributed by atoms with Gasteiger partial charge in [0.15, 0.2) is 5.82 Å². The molecular weight excluding hydrogens is 386 g/mol. The molecule has 4 aromatic rings. The quantitative estimate of drug-likeness (QED) is 0.399. The maximum Gasteiger partial charge on any atom is 0.331 e. The summed E-state index contributed by atoms with van der Waals surface area (Å²) in [6.07, 6.45) is 1.64. The Hall–Kier alpha value is -3.73. The van der Waals surface area contributed by atoms with Gasteiger partial charge in [-0.3, -0.25) is 0 Å². The van der Waals surface area contributed by atoms with E-state index < -0.39 is 5.97 Å². The highest BCUT2D eigenvalue weighted by molar-refractivity contribution is 5.92. The van der Waals surface area contributed by atoms with Crippen molar-refractivity contribution in [1.29, 1.82) is 0 Å². The fourth-order valence-corrected chi connectivity index (χ4v) is 3.41. The minimum atomic E-state index is -0.931. The lowest BCUT2D eigenvalue weighted by Crippen LogP contribution is -2.10. The molecule has 156 valence electrons. The van der Waals surface area contributed by atoms with Gasteiger partial charge in [0.25, 0.3) is 0 Å². The first-order valence-corrected chi connectivity index (χ1v) is 10.2. The maximum absolute atomic E-state index is 11.1. The van der Waals surface area contributed by atoms with Crippen molar-refractivity contribution < 1.29 is 9.90 Å². The molecule has 0 amide bonds. The number of rotatable bonds is 4. The number of pyridine rings is 1. The SMILES string of the molecule is CC(=Cc1ccc2[nH]c(-c3cccc(-c4ccc(C(C)(C)C)cc4)n3)nc2c1)C(=O)O. The van der Waals surface area contributed by atoms with Crippen molar-refractivity contribution in [2.45, 2.75) is 33.1 Å². The predicted molar refractivity (Wildman–Crippen MR) is 125 cm³/mol. The van der Waals surface area contributed by atoms with E-state index in [1.165, 1.54) is 5.56 Å². The second-order valence-electron chi connectivity index (χ2n) is 8.73. The summed E-state index contributed by atoms with van der Waals surface area (Å²) in [4.78, 5) is 23.9. The highest BCUT2D eigenvalue weighted by Crippen LogP contribution is 2.27. The van der Waals surface area contributed by atoms with Crippen molar-refractivity contribution in [1.82, 2.24) is 15.0 Å². The number of carboxylic acid groups (broad SMARTS) is 1. The topological polar surface area (TPSA) is 78.9 Å². The van der Waals surface area contributed by atoms with Gasteiger partial charge < -0.3 is 10.1 Å². The molecule has 0 saturated heterocycles. The lowest BCUT2D eigenvalue weighted by Gasteiger charge is -2.19. The molecule has 0 aliphatic rings. The average Bonchev–Trinajstić information content (AvgIpc) is 3.17. The normalized spacial score (nSPS) is 12.3. The van der Waals surface area contributed by atoms with E-state index in [1.54, 1.807) is 13.0 Å². The lowest BCUT2D eigenvalue weighted by atomic mass is 9.86. The van der Waals surface area contributed by atoms with Crippen LogP contribution < -0.4 is 0 Å². The standard InChI is InChI=1S/C26H25N3O2/c1-16(25(30)31)14-17-8-13-21-23(15-17)29-24(28-21)22-7-5-6-20(27-22)18-9-11-19(12-10-18)26(2,3)4/h5-15H,1-4H3,(H,28,29)(H,30,31). The van der Waals surface area contributed by atoms with Crippen LogP contribution in [0.2, 0.25) is 0 Å². The lowest BCUT2D eigenvalue weighted by molar-refractivity contribution is -0.132. The van der Waals surface area contributed by atoms with Crippen LogP contribution in [0.3, 0.4) is 0 Å². The monoisotopic (exact) mass is 411 g/mol. The molecule has 2 aromatic heterocycles. The molecule has 2 N–H and O–H groups in total. The first-order chi connectivity index (χ1) is 14.7. The number of imidazole rings is 1. The number of aromatic nitrogens is 3. The van der Waals surface area contributed by atoms with Crippen LogP contribution in [0.15, 0.2) is 66.2 Å². The Morgan fingerprint density at radius 1 is 0.968 bits per heavy atom. The number of aromatic amines is 1. The molecule has 5 heteroatoms. The molecule has 0 unspecified atom stereocenters. The molecule has 2 heterocycles. The van der Waals surface area contributed by atoms with E-state index in [-0.39, 0.29) is 11.0 Å². The summed E-state index contributed by atoms with van der Waals surface area (Å²) in [5, 5.41) is 9.09. The van der Waals surface area contributed by atoms with Crippen molar-refractivity contribution in [3.05, 3.63) is 77.4 Å². The zero-order chi connectivity index (χ0) is 22.2. The highest BCUT2D eigenvalue weighted by Gasteiger charge is 2.14. The summed E-state index contributed by atoms with van der Waals surface area (Å²) in [5.74, 6) is -0.251. The summed E-state index contributed by atoms with van der Waals surface area (Å²) in [7, 11) is 0. The Balaban J connectivity index is 1.67. The van der Waals surface area contributed by atoms with Gasteiger partial charge in [-0.1, -0.05) is 57.2 Å². The average molecular weight is 412 g/mol. The molecule has 4 rings (SSSR count). The molecule has 0 spiro atoms. The van der Waals surface area contributed by atoms with Crippen LogP contribution in [0.1, 0.15) is 38.8 Å². The molecule has 0 aliphatic carbocycles. The van der Waals surface area contributed by atoms with Gasteiger partial charge in [-0.25, -0.2) is 14.8 Å². The Bertz CT molecular complexity index is 1290. The number of hydrogen-bond acceptors (Lipinski definition) is 3. The van der Waals surface area contributed by atoms with E-state index in [4.69, 9.17) is 10.1 Å². The number of nitrogens with zero attached hydrogens (tertiary/aromatic N) is 2. The zero-order valence-corrected chi connectivity index (χ0v) is 18.1. The molecule has 0 bridgehead atoms. The molecule has 0 fully saturated rings. The number of aliphatic carboxylic acids is 1. The van der Waals surface area contributed by atoms with Gasteiger partial charge in [0, 0.05) is 11.1 Å². The van der Waals surface area contributed by atoms with Crippen molar-refractivity contribution in [2.75, 3.05) is 0 Å². The minimum Gasteiger partial charge on any atom is -0.478 e. The smallest absolute Gasteiger partial charge is 0.331 e. The van der Waals surface area contributed by atoms with Gasteiger partial charge >= 0.3 is 5.97 Å². The highest BCUT2D eigenvalue weighted by atomic mass is 16.4. The van der Waals surface area contributed by atoms with E-state index in [0.29, 0.717) is 5.82 Å². The number of carboxylic acids is 1. The molecule has 31 heavy (non-hydrogen) atoms. The van der Waals surface area contributed by atoms with Gasteiger partial charge in [-0.2, -0.15) is 0 Å². The maximum atomic E-state index is 11.1. The van der Waals surface area contributed by atoms with E-state index in [2.05, 4.69) is 55.0 Å². The van der Waals surface area contributed by atoms with Crippen molar-refractivity contribution >= 4 is 23.1 Å². The molecule has 2 aromatic carbocycles. The van der Waals surface area contributed by atoms with E-state index in [9.17, 15) is 4.79 Å². The van der Waals surface area contributed by atoms with Crippen LogP contribution in [0.25, 0.3) is 39.9 Å². The van der Waals surface area contributed by atoms with E-state index in [0.717, 1.165) is 33.5 Å². The zero-order valence-electron chi connectivity index (χ0n) is 18.1.